The highest BCUT2D eigenvalue weighted by Gasteiger charge is 2.21. The number of para-hydroxylation sites is 1. The summed E-state index contributed by atoms with van der Waals surface area (Å²) in [5.41, 5.74) is 0. The zero-order chi connectivity index (χ0) is 12.9. The molecule has 94 valence electrons. The van der Waals surface area contributed by atoms with E-state index in [4.69, 9.17) is 9.47 Å². The molecule has 0 heterocycles. The van der Waals surface area contributed by atoms with E-state index in [2.05, 4.69) is 25.7 Å². The maximum Gasteiger partial charge on any atom is 0.344 e. The Bertz CT molecular complexity index is 382. The molecule has 1 aromatic carbocycles. The topological polar surface area (TPSA) is 35.5 Å². The Kier molecular flexibility index (Phi) is 4.75. The molecule has 0 aliphatic rings. The van der Waals surface area contributed by atoms with E-state index in [9.17, 15) is 4.79 Å². The van der Waals surface area contributed by atoms with E-state index < -0.39 is 8.07 Å². The fourth-order valence-corrected chi connectivity index (χ4v) is 3.04. The van der Waals surface area contributed by atoms with Crippen molar-refractivity contribution in [3.63, 3.8) is 0 Å². The van der Waals surface area contributed by atoms with Gasteiger partial charge in [-0.1, -0.05) is 37.8 Å². The van der Waals surface area contributed by atoms with E-state index >= 15 is 0 Å². The molecule has 0 atom stereocenters. The Morgan fingerprint density at radius 3 is 2.47 bits per heavy atom. The summed E-state index contributed by atoms with van der Waals surface area (Å²) in [4.78, 5) is 11.2. The fourth-order valence-electron chi connectivity index (χ4n) is 1.55. The molecule has 17 heavy (non-hydrogen) atoms. The maximum atomic E-state index is 11.2. The van der Waals surface area contributed by atoms with E-state index in [-0.39, 0.29) is 12.6 Å². The maximum absolute atomic E-state index is 11.2. The molecule has 1 aromatic rings. The van der Waals surface area contributed by atoms with Crippen LogP contribution in [0.5, 0.6) is 5.75 Å². The molecule has 3 nitrogen and oxygen atoms in total. The van der Waals surface area contributed by atoms with Gasteiger partial charge in [0.2, 0.25) is 0 Å². The number of hydrogen-bond donors (Lipinski definition) is 0. The SMILES string of the molecule is CCOC(=O)COc1ccccc1[Si](C)(C)C. The molecule has 0 spiro atoms. The molecule has 0 amide bonds. The lowest BCUT2D eigenvalue weighted by atomic mass is 10.3. The number of esters is 1. The summed E-state index contributed by atoms with van der Waals surface area (Å²) in [6.07, 6.45) is 0. The number of rotatable bonds is 5. The van der Waals surface area contributed by atoms with Crippen molar-refractivity contribution in [3.8, 4) is 5.75 Å². The molecule has 0 fully saturated rings. The van der Waals surface area contributed by atoms with Crippen LogP contribution < -0.4 is 9.92 Å². The van der Waals surface area contributed by atoms with E-state index in [1.807, 2.05) is 18.2 Å². The van der Waals surface area contributed by atoms with E-state index in [1.54, 1.807) is 6.92 Å². The van der Waals surface area contributed by atoms with Crippen molar-refractivity contribution in [1.82, 2.24) is 0 Å². The zero-order valence-corrected chi connectivity index (χ0v) is 11.9. The minimum absolute atomic E-state index is 0.0185. The lowest BCUT2D eigenvalue weighted by Crippen LogP contribution is -2.39. The molecule has 0 unspecified atom stereocenters. The van der Waals surface area contributed by atoms with Crippen LogP contribution in [0.25, 0.3) is 0 Å². The van der Waals surface area contributed by atoms with Crippen LogP contribution in [0.4, 0.5) is 0 Å². The summed E-state index contributed by atoms with van der Waals surface area (Å²) in [6.45, 7) is 8.90. The molecule has 0 saturated heterocycles. The molecular weight excluding hydrogens is 232 g/mol. The van der Waals surface area contributed by atoms with Crippen LogP contribution in [0, 0.1) is 0 Å². The van der Waals surface area contributed by atoms with Crippen molar-refractivity contribution >= 4 is 19.2 Å². The second kappa shape index (κ2) is 5.86. The van der Waals surface area contributed by atoms with Crippen molar-refractivity contribution in [3.05, 3.63) is 24.3 Å². The van der Waals surface area contributed by atoms with Crippen molar-refractivity contribution in [1.29, 1.82) is 0 Å². The summed E-state index contributed by atoms with van der Waals surface area (Å²) >= 11 is 0. The molecule has 4 heteroatoms. The standard InChI is InChI=1S/C13H20O3Si/c1-5-15-13(14)10-16-11-8-6-7-9-12(11)17(2,3)4/h6-9H,5,10H2,1-4H3. The molecule has 0 saturated carbocycles. The third kappa shape index (κ3) is 4.23. The minimum atomic E-state index is -1.45. The van der Waals surface area contributed by atoms with Gasteiger partial charge in [-0.25, -0.2) is 4.79 Å². The molecule has 0 bridgehead atoms. The van der Waals surface area contributed by atoms with Crippen LogP contribution in [0.3, 0.4) is 0 Å². The fraction of sp³-hybridized carbons (Fsp3) is 0.462. The summed E-state index contributed by atoms with van der Waals surface area (Å²) in [6, 6.07) is 7.91. The lowest BCUT2D eigenvalue weighted by molar-refractivity contribution is -0.145. The highest BCUT2D eigenvalue weighted by molar-refractivity contribution is 6.89. The van der Waals surface area contributed by atoms with Gasteiger partial charge in [0.1, 0.15) is 5.75 Å². The Morgan fingerprint density at radius 1 is 1.24 bits per heavy atom. The Hall–Kier alpha value is -1.29. The first-order valence-corrected chi connectivity index (χ1v) is 9.33. The minimum Gasteiger partial charge on any atom is -0.482 e. The molecule has 0 radical (unpaired) electrons. The summed E-state index contributed by atoms with van der Waals surface area (Å²) in [7, 11) is -1.45. The van der Waals surface area contributed by atoms with Gasteiger partial charge in [0.05, 0.1) is 14.7 Å². The van der Waals surface area contributed by atoms with Gasteiger partial charge in [-0.2, -0.15) is 0 Å². The second-order valence-corrected chi connectivity index (χ2v) is 9.88. The first kappa shape index (κ1) is 13.8. The molecule has 0 aliphatic heterocycles. The van der Waals surface area contributed by atoms with E-state index in [0.717, 1.165) is 5.75 Å². The van der Waals surface area contributed by atoms with Gasteiger partial charge in [-0.3, -0.25) is 0 Å². The van der Waals surface area contributed by atoms with Gasteiger partial charge in [-0.05, 0) is 18.2 Å². The Labute approximate surface area is 104 Å². The van der Waals surface area contributed by atoms with Crippen LogP contribution in [-0.2, 0) is 9.53 Å². The van der Waals surface area contributed by atoms with Crippen molar-refractivity contribution in [2.45, 2.75) is 26.6 Å². The smallest absolute Gasteiger partial charge is 0.344 e. The average molecular weight is 252 g/mol. The summed E-state index contributed by atoms with van der Waals surface area (Å²) in [5, 5.41) is 1.23. The van der Waals surface area contributed by atoms with Gasteiger partial charge < -0.3 is 9.47 Å². The molecule has 0 N–H and O–H groups in total. The zero-order valence-electron chi connectivity index (χ0n) is 10.9. The molecular formula is C13H20O3Si. The van der Waals surface area contributed by atoms with Crippen LogP contribution in [-0.4, -0.2) is 27.3 Å². The highest BCUT2D eigenvalue weighted by atomic mass is 28.3. The predicted molar refractivity (Wildman–Crippen MR) is 71.6 cm³/mol. The predicted octanol–water partition coefficient (Wildman–Crippen LogP) is 2.17. The second-order valence-electron chi connectivity index (χ2n) is 4.84. The number of carbonyl (C=O) groups excluding carboxylic acids is 1. The van der Waals surface area contributed by atoms with Crippen LogP contribution in [0.15, 0.2) is 24.3 Å². The molecule has 1 rings (SSSR count). The first-order chi connectivity index (χ1) is 7.95. The lowest BCUT2D eigenvalue weighted by Gasteiger charge is -2.20. The third-order valence-corrected chi connectivity index (χ3v) is 4.38. The highest BCUT2D eigenvalue weighted by Crippen LogP contribution is 2.13. The summed E-state index contributed by atoms with van der Waals surface area (Å²) in [5.74, 6) is 0.484. The number of carbonyl (C=O) groups is 1. The normalized spacial score (nSPS) is 11.1. The number of benzene rings is 1. The van der Waals surface area contributed by atoms with Crippen molar-refractivity contribution in [2.24, 2.45) is 0 Å². The van der Waals surface area contributed by atoms with Crippen molar-refractivity contribution < 1.29 is 14.3 Å². The van der Waals surface area contributed by atoms with Gasteiger partial charge >= 0.3 is 5.97 Å². The van der Waals surface area contributed by atoms with Gasteiger partial charge in [-0.15, -0.1) is 0 Å². The largest absolute Gasteiger partial charge is 0.482 e. The van der Waals surface area contributed by atoms with Crippen LogP contribution >= 0.6 is 0 Å². The van der Waals surface area contributed by atoms with Crippen molar-refractivity contribution in [2.75, 3.05) is 13.2 Å². The van der Waals surface area contributed by atoms with Gasteiger partial charge in [0.25, 0.3) is 0 Å². The van der Waals surface area contributed by atoms with E-state index in [1.165, 1.54) is 5.19 Å². The van der Waals surface area contributed by atoms with E-state index in [0.29, 0.717) is 6.61 Å². The first-order valence-electron chi connectivity index (χ1n) is 5.83. The summed E-state index contributed by atoms with van der Waals surface area (Å²) < 4.78 is 10.4. The number of hydrogen-bond acceptors (Lipinski definition) is 3. The van der Waals surface area contributed by atoms with Crippen LogP contribution in [0.2, 0.25) is 19.6 Å². The quantitative estimate of drug-likeness (QED) is 0.595. The van der Waals surface area contributed by atoms with Crippen LogP contribution in [0.1, 0.15) is 6.92 Å². The Balaban J connectivity index is 2.74. The number of ether oxygens (including phenoxy) is 2. The van der Waals surface area contributed by atoms with Gasteiger partial charge in [0, 0.05) is 0 Å². The average Bonchev–Trinajstić information content (AvgIpc) is 2.26. The van der Waals surface area contributed by atoms with Gasteiger partial charge in [0.15, 0.2) is 6.61 Å². The molecule has 0 aromatic heterocycles. The molecule has 0 aliphatic carbocycles. The monoisotopic (exact) mass is 252 g/mol. The third-order valence-electron chi connectivity index (χ3n) is 2.35. The Morgan fingerprint density at radius 2 is 1.88 bits per heavy atom.